The standard InChI is InChI=1S/C16H12N2O/c1-10-5-6-14-13(9-10)17-16(19)12-4-2-3-11-7-8-18(14)15(11)12/h2-9H,1H3,(H,17,19). The third kappa shape index (κ3) is 1.35. The highest BCUT2D eigenvalue weighted by Crippen LogP contribution is 2.32. The van der Waals surface area contributed by atoms with Crippen LogP contribution in [0.15, 0.2) is 48.7 Å². The van der Waals surface area contributed by atoms with Crippen molar-refractivity contribution < 1.29 is 4.79 Å². The summed E-state index contributed by atoms with van der Waals surface area (Å²) in [5.74, 6) is -0.0464. The molecule has 1 aliphatic heterocycles. The molecule has 1 N–H and O–H groups in total. The summed E-state index contributed by atoms with van der Waals surface area (Å²) in [5, 5.41) is 4.08. The quantitative estimate of drug-likeness (QED) is 0.649. The number of benzene rings is 2. The number of nitrogens with one attached hydrogen (secondary N) is 1. The molecule has 0 atom stereocenters. The van der Waals surface area contributed by atoms with E-state index >= 15 is 0 Å². The molecule has 0 fully saturated rings. The van der Waals surface area contributed by atoms with Crippen LogP contribution in [0.5, 0.6) is 0 Å². The molecule has 3 aromatic rings. The summed E-state index contributed by atoms with van der Waals surface area (Å²) >= 11 is 0. The first-order chi connectivity index (χ1) is 9.24. The molecular formula is C16H12N2O. The fraction of sp³-hybridized carbons (Fsp3) is 0.0625. The van der Waals surface area contributed by atoms with Gasteiger partial charge in [-0.15, -0.1) is 0 Å². The van der Waals surface area contributed by atoms with Gasteiger partial charge >= 0.3 is 0 Å². The first-order valence-electron chi connectivity index (χ1n) is 6.26. The average molecular weight is 248 g/mol. The Kier molecular flexibility index (Phi) is 1.90. The monoisotopic (exact) mass is 248 g/mol. The van der Waals surface area contributed by atoms with Gasteiger partial charge in [-0.2, -0.15) is 0 Å². The van der Waals surface area contributed by atoms with E-state index in [9.17, 15) is 4.79 Å². The summed E-state index contributed by atoms with van der Waals surface area (Å²) in [7, 11) is 0. The molecule has 1 amide bonds. The summed E-state index contributed by atoms with van der Waals surface area (Å²) in [6.07, 6.45) is 2.02. The van der Waals surface area contributed by atoms with Gasteiger partial charge in [-0.05, 0) is 36.8 Å². The first-order valence-corrected chi connectivity index (χ1v) is 6.26. The molecule has 2 heterocycles. The number of carbonyl (C=O) groups excluding carboxylic acids is 1. The minimum absolute atomic E-state index is 0.0464. The summed E-state index contributed by atoms with van der Waals surface area (Å²) < 4.78 is 2.08. The normalized spacial score (nSPS) is 13.0. The molecule has 19 heavy (non-hydrogen) atoms. The van der Waals surface area contributed by atoms with Crippen LogP contribution in [0.3, 0.4) is 0 Å². The minimum Gasteiger partial charge on any atom is -0.320 e. The van der Waals surface area contributed by atoms with Crippen molar-refractivity contribution in [3.05, 3.63) is 59.8 Å². The van der Waals surface area contributed by atoms with Crippen molar-refractivity contribution in [2.24, 2.45) is 0 Å². The second kappa shape index (κ2) is 3.48. The number of anilines is 1. The number of aromatic nitrogens is 1. The lowest BCUT2D eigenvalue weighted by Crippen LogP contribution is -2.11. The van der Waals surface area contributed by atoms with Gasteiger partial charge in [0.15, 0.2) is 0 Å². The van der Waals surface area contributed by atoms with E-state index in [1.807, 2.05) is 49.5 Å². The van der Waals surface area contributed by atoms with Crippen LogP contribution in [0, 0.1) is 6.92 Å². The SMILES string of the molecule is Cc1ccc2c(c1)NC(=O)c1cccc3ccn-2c13. The highest BCUT2D eigenvalue weighted by molar-refractivity contribution is 6.14. The van der Waals surface area contributed by atoms with Gasteiger partial charge in [0.1, 0.15) is 0 Å². The van der Waals surface area contributed by atoms with E-state index in [0.717, 1.165) is 33.4 Å². The molecule has 1 aliphatic rings. The number of aryl methyl sites for hydroxylation is 1. The lowest BCUT2D eigenvalue weighted by Gasteiger charge is -2.09. The summed E-state index contributed by atoms with van der Waals surface area (Å²) in [4.78, 5) is 12.3. The number of rotatable bonds is 0. The smallest absolute Gasteiger partial charge is 0.257 e. The van der Waals surface area contributed by atoms with Gasteiger partial charge in [-0.25, -0.2) is 0 Å². The van der Waals surface area contributed by atoms with Gasteiger partial charge < -0.3 is 9.88 Å². The van der Waals surface area contributed by atoms with Crippen LogP contribution in [-0.4, -0.2) is 10.5 Å². The maximum Gasteiger partial charge on any atom is 0.257 e. The van der Waals surface area contributed by atoms with E-state index in [1.54, 1.807) is 0 Å². The predicted molar refractivity (Wildman–Crippen MR) is 76.0 cm³/mol. The topological polar surface area (TPSA) is 34.0 Å². The molecular weight excluding hydrogens is 236 g/mol. The average Bonchev–Trinajstić information content (AvgIpc) is 2.77. The number of carbonyl (C=O) groups is 1. The fourth-order valence-corrected chi connectivity index (χ4v) is 2.73. The third-order valence-electron chi connectivity index (χ3n) is 3.62. The zero-order chi connectivity index (χ0) is 13.0. The zero-order valence-corrected chi connectivity index (χ0v) is 10.5. The Morgan fingerprint density at radius 3 is 2.89 bits per heavy atom. The van der Waals surface area contributed by atoms with Crippen LogP contribution in [-0.2, 0) is 0 Å². The van der Waals surface area contributed by atoms with Crippen LogP contribution < -0.4 is 5.32 Å². The Bertz CT molecular complexity index is 830. The molecule has 0 bridgehead atoms. The van der Waals surface area contributed by atoms with E-state index in [2.05, 4.69) is 16.0 Å². The molecule has 92 valence electrons. The molecule has 0 saturated carbocycles. The van der Waals surface area contributed by atoms with Crippen LogP contribution in [0.25, 0.3) is 16.6 Å². The molecule has 0 aliphatic carbocycles. The Morgan fingerprint density at radius 2 is 2.00 bits per heavy atom. The van der Waals surface area contributed by atoms with Crippen LogP contribution in [0.4, 0.5) is 5.69 Å². The Balaban J connectivity index is 2.16. The zero-order valence-electron chi connectivity index (χ0n) is 10.5. The van der Waals surface area contributed by atoms with E-state index in [4.69, 9.17) is 0 Å². The van der Waals surface area contributed by atoms with Gasteiger partial charge in [0.2, 0.25) is 0 Å². The highest BCUT2D eigenvalue weighted by Gasteiger charge is 2.20. The third-order valence-corrected chi connectivity index (χ3v) is 3.62. The molecule has 2 aromatic carbocycles. The maximum absolute atomic E-state index is 12.3. The molecule has 1 aromatic heterocycles. The fourth-order valence-electron chi connectivity index (χ4n) is 2.73. The van der Waals surface area contributed by atoms with Crippen LogP contribution >= 0.6 is 0 Å². The van der Waals surface area contributed by atoms with Crippen LogP contribution in [0.2, 0.25) is 0 Å². The van der Waals surface area contributed by atoms with Gasteiger partial charge in [-0.3, -0.25) is 4.79 Å². The molecule has 0 radical (unpaired) electrons. The predicted octanol–water partition coefficient (Wildman–Crippen LogP) is 3.50. The highest BCUT2D eigenvalue weighted by atomic mass is 16.1. The number of amides is 1. The Morgan fingerprint density at radius 1 is 1.11 bits per heavy atom. The van der Waals surface area contributed by atoms with Crippen molar-refractivity contribution in [3.8, 4) is 5.69 Å². The van der Waals surface area contributed by atoms with Crippen molar-refractivity contribution in [1.29, 1.82) is 0 Å². The second-order valence-corrected chi connectivity index (χ2v) is 4.90. The second-order valence-electron chi connectivity index (χ2n) is 4.90. The van der Waals surface area contributed by atoms with Crippen molar-refractivity contribution >= 4 is 22.5 Å². The van der Waals surface area contributed by atoms with Gasteiger partial charge in [0, 0.05) is 11.6 Å². The Hall–Kier alpha value is -2.55. The van der Waals surface area contributed by atoms with Gasteiger partial charge in [0.25, 0.3) is 5.91 Å². The molecule has 0 spiro atoms. The minimum atomic E-state index is -0.0464. The van der Waals surface area contributed by atoms with E-state index < -0.39 is 0 Å². The van der Waals surface area contributed by atoms with E-state index in [1.165, 1.54) is 0 Å². The number of fused-ring (bicyclic) bond motifs is 2. The summed E-state index contributed by atoms with van der Waals surface area (Å²) in [5.41, 5.74) is 4.70. The van der Waals surface area contributed by atoms with Crippen molar-refractivity contribution in [3.63, 3.8) is 0 Å². The van der Waals surface area contributed by atoms with E-state index in [-0.39, 0.29) is 5.91 Å². The lowest BCUT2D eigenvalue weighted by molar-refractivity contribution is 0.102. The van der Waals surface area contributed by atoms with Crippen molar-refractivity contribution in [2.75, 3.05) is 5.32 Å². The number of para-hydroxylation sites is 1. The van der Waals surface area contributed by atoms with Gasteiger partial charge in [-0.1, -0.05) is 18.2 Å². The summed E-state index contributed by atoms with van der Waals surface area (Å²) in [6.45, 7) is 2.02. The molecule has 3 heteroatoms. The van der Waals surface area contributed by atoms with Crippen molar-refractivity contribution in [2.45, 2.75) is 6.92 Å². The summed E-state index contributed by atoms with van der Waals surface area (Å²) in [6, 6.07) is 14.0. The first kappa shape index (κ1) is 10.4. The number of nitrogens with zero attached hydrogens (tertiary/aromatic N) is 1. The molecule has 3 nitrogen and oxygen atoms in total. The number of hydrogen-bond acceptors (Lipinski definition) is 1. The van der Waals surface area contributed by atoms with E-state index in [0.29, 0.717) is 0 Å². The molecule has 0 unspecified atom stereocenters. The van der Waals surface area contributed by atoms with Crippen LogP contribution in [0.1, 0.15) is 15.9 Å². The number of hydrogen-bond donors (Lipinski definition) is 1. The van der Waals surface area contributed by atoms with Gasteiger partial charge in [0.05, 0.1) is 22.5 Å². The largest absolute Gasteiger partial charge is 0.320 e. The maximum atomic E-state index is 12.3. The molecule has 0 saturated heterocycles. The lowest BCUT2D eigenvalue weighted by atomic mass is 10.1. The Labute approximate surface area is 110 Å². The molecule has 4 rings (SSSR count). The van der Waals surface area contributed by atoms with Crippen molar-refractivity contribution in [1.82, 2.24) is 4.57 Å².